The third-order valence-corrected chi connectivity index (χ3v) is 5.91. The van der Waals surface area contributed by atoms with Crippen molar-refractivity contribution >= 4 is 17.7 Å². The van der Waals surface area contributed by atoms with Gasteiger partial charge < -0.3 is 10.2 Å². The molecular weight excluding hydrogens is 280 g/mol. The first-order chi connectivity index (χ1) is 10.3. The number of carbonyl (C=O) groups excluding carboxylic acids is 1. The van der Waals surface area contributed by atoms with Crippen LogP contribution in [0, 0.1) is 5.92 Å². The maximum atomic E-state index is 12.8. The number of carbonyl (C=O) groups is 1. The molecule has 0 bridgehead atoms. The molecule has 1 aromatic rings. The molecule has 1 fully saturated rings. The first-order valence-corrected chi connectivity index (χ1v) is 8.93. The molecule has 0 radical (unpaired) electrons. The van der Waals surface area contributed by atoms with Crippen molar-refractivity contribution in [3.05, 3.63) is 29.8 Å². The van der Waals surface area contributed by atoms with Crippen LogP contribution in [0.2, 0.25) is 0 Å². The quantitative estimate of drug-likeness (QED) is 0.928. The number of fused-ring (bicyclic) bond motifs is 1. The third-order valence-electron chi connectivity index (χ3n) is 4.73. The minimum atomic E-state index is 0.0834. The molecule has 0 aliphatic carbocycles. The lowest BCUT2D eigenvalue weighted by molar-refractivity contribution is -0.133. The molecule has 1 atom stereocenters. The van der Waals surface area contributed by atoms with Crippen molar-refractivity contribution in [1.29, 1.82) is 0 Å². The lowest BCUT2D eigenvalue weighted by Gasteiger charge is -2.33. The van der Waals surface area contributed by atoms with Gasteiger partial charge in [0.25, 0.3) is 0 Å². The van der Waals surface area contributed by atoms with Gasteiger partial charge in [0.1, 0.15) is 0 Å². The number of rotatable bonds is 4. The minimum Gasteiger partial charge on any atom is -0.342 e. The van der Waals surface area contributed by atoms with Crippen LogP contribution in [0.1, 0.15) is 30.7 Å². The molecule has 4 heteroatoms. The molecule has 0 saturated carbocycles. The molecule has 1 aromatic carbocycles. The van der Waals surface area contributed by atoms with Gasteiger partial charge in [-0.15, -0.1) is 11.8 Å². The Kier molecular flexibility index (Phi) is 4.86. The monoisotopic (exact) mass is 304 g/mol. The summed E-state index contributed by atoms with van der Waals surface area (Å²) in [5.41, 5.74) is 1.24. The van der Waals surface area contributed by atoms with Gasteiger partial charge in [0, 0.05) is 23.7 Å². The Hall–Kier alpha value is -1.00. The maximum Gasteiger partial charge on any atom is 0.231 e. The fourth-order valence-electron chi connectivity index (χ4n) is 3.38. The number of nitrogens with zero attached hydrogens (tertiary/aromatic N) is 1. The lowest BCUT2D eigenvalue weighted by Crippen LogP contribution is -2.41. The molecule has 0 spiro atoms. The minimum absolute atomic E-state index is 0.0834. The molecular formula is C17H24N2OS. The van der Waals surface area contributed by atoms with Crippen LogP contribution >= 0.6 is 11.8 Å². The number of nitrogens with one attached hydrogen (secondary N) is 1. The molecule has 1 unspecified atom stereocenters. The first-order valence-electron chi connectivity index (χ1n) is 7.94. The summed E-state index contributed by atoms with van der Waals surface area (Å²) in [6.07, 6.45) is 3.56. The standard InChI is InChI=1S/C17H24N2OS/c1-18-9-6-13-7-10-19(11-8-13)17(20)15-12-21-16-5-3-2-4-14(15)16/h2-5,13,15,18H,6-12H2,1H3. The van der Waals surface area contributed by atoms with Gasteiger partial charge in [-0.3, -0.25) is 4.79 Å². The van der Waals surface area contributed by atoms with E-state index in [0.29, 0.717) is 5.91 Å². The number of likely N-dealkylation sites (tertiary alicyclic amines) is 1. The summed E-state index contributed by atoms with van der Waals surface area (Å²) < 4.78 is 0. The zero-order valence-electron chi connectivity index (χ0n) is 12.7. The fourth-order valence-corrected chi connectivity index (χ4v) is 4.60. The third kappa shape index (κ3) is 3.27. The van der Waals surface area contributed by atoms with Crippen LogP contribution in [0.15, 0.2) is 29.2 Å². The Labute approximate surface area is 131 Å². The van der Waals surface area contributed by atoms with Crippen LogP contribution in [0.3, 0.4) is 0 Å². The van der Waals surface area contributed by atoms with Gasteiger partial charge in [0.2, 0.25) is 5.91 Å². The molecule has 2 aliphatic heterocycles. The van der Waals surface area contributed by atoms with E-state index in [-0.39, 0.29) is 5.92 Å². The van der Waals surface area contributed by atoms with Crippen LogP contribution in [0.4, 0.5) is 0 Å². The van der Waals surface area contributed by atoms with Gasteiger partial charge in [-0.25, -0.2) is 0 Å². The van der Waals surface area contributed by atoms with Gasteiger partial charge in [0.15, 0.2) is 0 Å². The SMILES string of the molecule is CNCCC1CCN(C(=O)C2CSc3ccccc32)CC1. The molecule has 0 aromatic heterocycles. The summed E-state index contributed by atoms with van der Waals surface area (Å²) in [6.45, 7) is 2.97. The molecule has 2 aliphatic rings. The highest BCUT2D eigenvalue weighted by Crippen LogP contribution is 2.40. The number of piperidine rings is 1. The number of hydrogen-bond donors (Lipinski definition) is 1. The van der Waals surface area contributed by atoms with Crippen molar-refractivity contribution in [2.24, 2.45) is 5.92 Å². The highest BCUT2D eigenvalue weighted by atomic mass is 32.2. The fraction of sp³-hybridized carbons (Fsp3) is 0.588. The summed E-state index contributed by atoms with van der Waals surface area (Å²) in [6, 6.07) is 8.37. The Balaban J connectivity index is 1.58. The maximum absolute atomic E-state index is 12.8. The Morgan fingerprint density at radius 2 is 2.10 bits per heavy atom. The summed E-state index contributed by atoms with van der Waals surface area (Å²) in [5, 5.41) is 3.22. The molecule has 114 valence electrons. The number of thioether (sulfide) groups is 1. The van der Waals surface area contributed by atoms with Crippen molar-refractivity contribution in [1.82, 2.24) is 10.2 Å². The Morgan fingerprint density at radius 3 is 2.86 bits per heavy atom. The second kappa shape index (κ2) is 6.84. The van der Waals surface area contributed by atoms with Crippen molar-refractivity contribution in [2.75, 3.05) is 32.4 Å². The summed E-state index contributed by atoms with van der Waals surface area (Å²) >= 11 is 1.82. The van der Waals surface area contributed by atoms with Gasteiger partial charge in [-0.1, -0.05) is 18.2 Å². The van der Waals surface area contributed by atoms with E-state index < -0.39 is 0 Å². The lowest BCUT2D eigenvalue weighted by atomic mass is 9.92. The van der Waals surface area contributed by atoms with E-state index in [2.05, 4.69) is 34.5 Å². The van der Waals surface area contributed by atoms with E-state index in [0.717, 1.165) is 44.1 Å². The predicted octanol–water partition coefficient (Wildman–Crippen LogP) is 2.72. The van der Waals surface area contributed by atoms with Gasteiger partial charge >= 0.3 is 0 Å². The van der Waals surface area contributed by atoms with E-state index in [1.54, 1.807) is 0 Å². The highest BCUT2D eigenvalue weighted by molar-refractivity contribution is 7.99. The molecule has 1 saturated heterocycles. The average molecular weight is 304 g/mol. The van der Waals surface area contributed by atoms with Gasteiger partial charge in [0.05, 0.1) is 5.92 Å². The highest BCUT2D eigenvalue weighted by Gasteiger charge is 2.33. The Bertz CT molecular complexity index is 497. The van der Waals surface area contributed by atoms with E-state index >= 15 is 0 Å². The molecule has 1 N–H and O–H groups in total. The molecule has 3 nitrogen and oxygen atoms in total. The van der Waals surface area contributed by atoms with E-state index in [1.807, 2.05) is 18.8 Å². The van der Waals surface area contributed by atoms with Crippen molar-refractivity contribution in [2.45, 2.75) is 30.1 Å². The Morgan fingerprint density at radius 1 is 1.33 bits per heavy atom. The largest absolute Gasteiger partial charge is 0.342 e. The van der Waals surface area contributed by atoms with Crippen LogP contribution in [-0.4, -0.2) is 43.2 Å². The van der Waals surface area contributed by atoms with Crippen molar-refractivity contribution in [3.63, 3.8) is 0 Å². The number of hydrogen-bond acceptors (Lipinski definition) is 3. The van der Waals surface area contributed by atoms with Crippen LogP contribution < -0.4 is 5.32 Å². The summed E-state index contributed by atoms with van der Waals surface area (Å²) in [7, 11) is 2.01. The van der Waals surface area contributed by atoms with E-state index in [9.17, 15) is 4.79 Å². The molecule has 2 heterocycles. The zero-order valence-corrected chi connectivity index (χ0v) is 13.5. The zero-order chi connectivity index (χ0) is 14.7. The molecule has 3 rings (SSSR count). The van der Waals surface area contributed by atoms with E-state index in [4.69, 9.17) is 0 Å². The van der Waals surface area contributed by atoms with Crippen molar-refractivity contribution < 1.29 is 4.79 Å². The van der Waals surface area contributed by atoms with E-state index in [1.165, 1.54) is 16.9 Å². The average Bonchev–Trinajstić information content (AvgIpc) is 2.97. The summed E-state index contributed by atoms with van der Waals surface area (Å²) in [4.78, 5) is 16.2. The topological polar surface area (TPSA) is 32.3 Å². The second-order valence-electron chi connectivity index (χ2n) is 6.06. The van der Waals surface area contributed by atoms with Crippen LogP contribution in [0.25, 0.3) is 0 Å². The molecule has 1 amide bonds. The van der Waals surface area contributed by atoms with Gasteiger partial charge in [-0.2, -0.15) is 0 Å². The van der Waals surface area contributed by atoms with Crippen LogP contribution in [0.5, 0.6) is 0 Å². The molecule has 21 heavy (non-hydrogen) atoms. The predicted molar refractivity (Wildman–Crippen MR) is 87.8 cm³/mol. The number of amides is 1. The summed E-state index contributed by atoms with van der Waals surface area (Å²) in [5.74, 6) is 2.13. The van der Waals surface area contributed by atoms with Gasteiger partial charge in [-0.05, 0) is 50.4 Å². The number of benzene rings is 1. The smallest absolute Gasteiger partial charge is 0.231 e. The normalized spacial score (nSPS) is 22.3. The van der Waals surface area contributed by atoms with Crippen LogP contribution in [-0.2, 0) is 4.79 Å². The second-order valence-corrected chi connectivity index (χ2v) is 7.12. The van der Waals surface area contributed by atoms with Crippen molar-refractivity contribution in [3.8, 4) is 0 Å². The first kappa shape index (κ1) is 14.9.